The van der Waals surface area contributed by atoms with Gasteiger partial charge in [0, 0.05) is 17.2 Å². The average Bonchev–Trinajstić information content (AvgIpc) is 3.17. The van der Waals surface area contributed by atoms with Gasteiger partial charge >= 0.3 is 13.7 Å². The number of alkyl halides is 2. The highest BCUT2D eigenvalue weighted by atomic mass is 19.3. The molecule has 1 saturated heterocycles. The lowest BCUT2D eigenvalue weighted by molar-refractivity contribution is -0.0508. The van der Waals surface area contributed by atoms with E-state index >= 15 is 0 Å². The number of halogens is 2. The van der Waals surface area contributed by atoms with E-state index in [0.29, 0.717) is 11.4 Å². The van der Waals surface area contributed by atoms with Crippen molar-refractivity contribution in [2.75, 3.05) is 0 Å². The van der Waals surface area contributed by atoms with Gasteiger partial charge in [-0.25, -0.2) is 4.98 Å². The van der Waals surface area contributed by atoms with Crippen LogP contribution in [0.1, 0.15) is 38.8 Å². The zero-order valence-corrected chi connectivity index (χ0v) is 18.0. The predicted molar refractivity (Wildman–Crippen MR) is 112 cm³/mol. The smallest absolute Gasteiger partial charge is 0.436 e. The molecule has 1 aliphatic rings. The number of ether oxygens (including phenoxy) is 1. The molecule has 6 nitrogen and oxygen atoms in total. The summed E-state index contributed by atoms with van der Waals surface area (Å²) in [5.74, 6) is 0.180. The van der Waals surface area contributed by atoms with E-state index in [4.69, 9.17) is 13.7 Å². The van der Waals surface area contributed by atoms with Crippen LogP contribution in [0.5, 0.6) is 5.75 Å². The van der Waals surface area contributed by atoms with Crippen LogP contribution in [0.4, 0.5) is 8.78 Å². The molecular weight excluding hydrogens is 407 g/mol. The molecule has 2 aromatic carbocycles. The normalized spacial score (nSPS) is 17.6. The molecule has 0 saturated carbocycles. The van der Waals surface area contributed by atoms with Crippen molar-refractivity contribution >= 4 is 23.7 Å². The Kier molecular flexibility index (Phi) is 5.32. The highest BCUT2D eigenvalue weighted by Gasteiger charge is 2.52. The first-order valence-corrected chi connectivity index (χ1v) is 9.97. The summed E-state index contributed by atoms with van der Waals surface area (Å²) in [6.07, 6.45) is 0. The molecule has 0 amide bonds. The summed E-state index contributed by atoms with van der Waals surface area (Å²) >= 11 is 0. The number of oxazole rings is 1. The van der Waals surface area contributed by atoms with Gasteiger partial charge in [0.05, 0.1) is 17.8 Å². The molecular formula is C22H24BF2NO5. The van der Waals surface area contributed by atoms with Crippen molar-refractivity contribution in [2.45, 2.75) is 59.0 Å². The minimum atomic E-state index is -3.01. The quantitative estimate of drug-likeness (QED) is 0.611. The molecule has 164 valence electrons. The number of hydrogen-bond acceptors (Lipinski definition) is 6. The standard InChI is InChI=1S/C22H24BF2NO5/c1-12-14(7-6-8-15(12)23-30-21(2,3)22(4,5)31-23)19-26-16-9-13(11-27)17(29-20(24)25)10-18(16)28-19/h6-10,20,27H,11H2,1-5H3. The highest BCUT2D eigenvalue weighted by Crippen LogP contribution is 2.37. The van der Waals surface area contributed by atoms with Crippen LogP contribution in [0, 0.1) is 6.92 Å². The van der Waals surface area contributed by atoms with Crippen molar-refractivity contribution in [3.63, 3.8) is 0 Å². The summed E-state index contributed by atoms with van der Waals surface area (Å²) < 4.78 is 48.1. The largest absolute Gasteiger partial charge is 0.495 e. The minimum Gasteiger partial charge on any atom is -0.436 e. The van der Waals surface area contributed by atoms with E-state index in [0.717, 1.165) is 16.6 Å². The first-order valence-electron chi connectivity index (χ1n) is 9.97. The van der Waals surface area contributed by atoms with Gasteiger partial charge in [-0.3, -0.25) is 0 Å². The Morgan fingerprint density at radius 2 is 1.81 bits per heavy atom. The van der Waals surface area contributed by atoms with E-state index in [1.54, 1.807) is 0 Å². The monoisotopic (exact) mass is 431 g/mol. The third-order valence-electron chi connectivity index (χ3n) is 6.07. The second kappa shape index (κ2) is 7.58. The van der Waals surface area contributed by atoms with Crippen LogP contribution in [0.15, 0.2) is 34.7 Å². The first-order chi connectivity index (χ1) is 14.5. The van der Waals surface area contributed by atoms with E-state index in [9.17, 15) is 13.9 Å². The molecule has 1 fully saturated rings. The number of aliphatic hydroxyl groups excluding tert-OH is 1. The van der Waals surface area contributed by atoms with E-state index in [1.165, 1.54) is 12.1 Å². The summed E-state index contributed by atoms with van der Waals surface area (Å²) in [6, 6.07) is 8.45. The summed E-state index contributed by atoms with van der Waals surface area (Å²) in [6.45, 7) is 6.42. The fourth-order valence-electron chi connectivity index (χ4n) is 3.55. The zero-order valence-electron chi connectivity index (χ0n) is 18.0. The maximum atomic E-state index is 12.7. The Labute approximate surface area is 179 Å². The molecule has 4 rings (SSSR count). The second-order valence-electron chi connectivity index (χ2n) is 8.59. The third kappa shape index (κ3) is 3.82. The topological polar surface area (TPSA) is 74.0 Å². The van der Waals surface area contributed by atoms with E-state index in [1.807, 2.05) is 52.8 Å². The predicted octanol–water partition coefficient (Wildman–Crippen LogP) is 4.20. The van der Waals surface area contributed by atoms with Gasteiger partial charge in [0.2, 0.25) is 5.89 Å². The minimum absolute atomic E-state index is 0.143. The molecule has 31 heavy (non-hydrogen) atoms. The fourth-order valence-corrected chi connectivity index (χ4v) is 3.55. The number of nitrogens with zero attached hydrogens (tertiary/aromatic N) is 1. The summed E-state index contributed by atoms with van der Waals surface area (Å²) in [5.41, 5.74) is 2.43. The van der Waals surface area contributed by atoms with Crippen molar-refractivity contribution in [3.05, 3.63) is 41.5 Å². The Morgan fingerprint density at radius 3 is 2.42 bits per heavy atom. The van der Waals surface area contributed by atoms with Gasteiger partial charge in [-0.1, -0.05) is 12.1 Å². The molecule has 0 aliphatic carbocycles. The molecule has 0 unspecified atom stereocenters. The SMILES string of the molecule is Cc1c(B2OC(C)(C)C(C)(C)O2)cccc1-c1nc2cc(CO)c(OC(F)F)cc2o1. The summed E-state index contributed by atoms with van der Waals surface area (Å²) in [7, 11) is -0.540. The molecule has 1 N–H and O–H groups in total. The van der Waals surface area contributed by atoms with Gasteiger partial charge in [-0.2, -0.15) is 8.78 Å². The lowest BCUT2D eigenvalue weighted by atomic mass is 9.75. The van der Waals surface area contributed by atoms with Gasteiger partial charge in [0.1, 0.15) is 11.3 Å². The number of aliphatic hydroxyl groups is 1. The van der Waals surface area contributed by atoms with Crippen LogP contribution in [0.3, 0.4) is 0 Å². The molecule has 0 spiro atoms. The molecule has 0 bridgehead atoms. The Bertz CT molecular complexity index is 1110. The lowest BCUT2D eigenvalue weighted by Crippen LogP contribution is -2.41. The number of hydrogen-bond donors (Lipinski definition) is 1. The van der Waals surface area contributed by atoms with E-state index in [-0.39, 0.29) is 16.9 Å². The molecule has 3 aromatic rings. The molecule has 1 aliphatic heterocycles. The lowest BCUT2D eigenvalue weighted by Gasteiger charge is -2.32. The Hall–Kier alpha value is -2.49. The van der Waals surface area contributed by atoms with Crippen molar-refractivity contribution in [3.8, 4) is 17.2 Å². The van der Waals surface area contributed by atoms with Crippen LogP contribution in [0.2, 0.25) is 0 Å². The summed E-state index contributed by atoms with van der Waals surface area (Å²) in [5, 5.41) is 9.49. The number of rotatable bonds is 5. The van der Waals surface area contributed by atoms with Crippen molar-refractivity contribution in [1.82, 2.24) is 4.98 Å². The van der Waals surface area contributed by atoms with E-state index < -0.39 is 31.5 Å². The first kappa shape index (κ1) is 21.7. The number of fused-ring (bicyclic) bond motifs is 1. The van der Waals surface area contributed by atoms with Crippen LogP contribution < -0.4 is 10.2 Å². The molecule has 9 heteroatoms. The van der Waals surface area contributed by atoms with Gasteiger partial charge in [0.25, 0.3) is 0 Å². The van der Waals surface area contributed by atoms with Crippen LogP contribution in [0.25, 0.3) is 22.6 Å². The van der Waals surface area contributed by atoms with Gasteiger partial charge in [0.15, 0.2) is 5.58 Å². The van der Waals surface area contributed by atoms with Crippen molar-refractivity contribution < 1.29 is 32.4 Å². The molecule has 0 atom stereocenters. The van der Waals surface area contributed by atoms with Gasteiger partial charge in [-0.05, 0) is 57.8 Å². The molecule has 2 heterocycles. The van der Waals surface area contributed by atoms with Crippen molar-refractivity contribution in [1.29, 1.82) is 0 Å². The molecule has 1 aromatic heterocycles. The molecule has 0 radical (unpaired) electrons. The van der Waals surface area contributed by atoms with E-state index in [2.05, 4.69) is 9.72 Å². The second-order valence-corrected chi connectivity index (χ2v) is 8.59. The highest BCUT2D eigenvalue weighted by molar-refractivity contribution is 6.62. The third-order valence-corrected chi connectivity index (χ3v) is 6.07. The summed E-state index contributed by atoms with van der Waals surface area (Å²) in [4.78, 5) is 4.50. The van der Waals surface area contributed by atoms with Crippen LogP contribution in [-0.4, -0.2) is 35.0 Å². The van der Waals surface area contributed by atoms with Gasteiger partial charge < -0.3 is 23.6 Å². The maximum absolute atomic E-state index is 12.7. The Morgan fingerprint density at radius 1 is 1.13 bits per heavy atom. The maximum Gasteiger partial charge on any atom is 0.495 e. The van der Waals surface area contributed by atoms with Crippen molar-refractivity contribution in [2.24, 2.45) is 0 Å². The Balaban J connectivity index is 1.74. The average molecular weight is 431 g/mol. The van der Waals surface area contributed by atoms with Gasteiger partial charge in [-0.15, -0.1) is 0 Å². The fraction of sp³-hybridized carbons (Fsp3) is 0.409. The number of benzene rings is 2. The van der Waals surface area contributed by atoms with Crippen LogP contribution >= 0.6 is 0 Å². The number of aromatic nitrogens is 1. The van der Waals surface area contributed by atoms with Crippen LogP contribution in [-0.2, 0) is 15.9 Å². The zero-order chi connectivity index (χ0) is 22.6.